The summed E-state index contributed by atoms with van der Waals surface area (Å²) in [5.41, 5.74) is 0. The molecule has 0 bridgehead atoms. The van der Waals surface area contributed by atoms with Crippen LogP contribution in [-0.2, 0) is 0 Å². The Balaban J connectivity index is 2.12. The van der Waals surface area contributed by atoms with E-state index in [0.717, 1.165) is 52.2 Å². The van der Waals surface area contributed by atoms with Gasteiger partial charge in [-0.1, -0.05) is 6.92 Å². The zero-order valence-electron chi connectivity index (χ0n) is 12.1. The van der Waals surface area contributed by atoms with E-state index >= 15 is 0 Å². The summed E-state index contributed by atoms with van der Waals surface area (Å²) in [5, 5.41) is 3.00. The second-order valence-electron chi connectivity index (χ2n) is 5.22. The average Bonchev–Trinajstić information content (AvgIpc) is 2.35. The first-order valence-electron chi connectivity index (χ1n) is 7.03. The molecular formula is C13H28N4O. The van der Waals surface area contributed by atoms with Crippen LogP contribution in [0.4, 0.5) is 4.79 Å². The van der Waals surface area contributed by atoms with Crippen molar-refractivity contribution in [3.63, 3.8) is 0 Å². The molecule has 0 radical (unpaired) electrons. The van der Waals surface area contributed by atoms with Crippen molar-refractivity contribution in [1.82, 2.24) is 20.0 Å². The second-order valence-corrected chi connectivity index (χ2v) is 5.22. The van der Waals surface area contributed by atoms with Crippen LogP contribution >= 0.6 is 0 Å². The molecule has 0 spiro atoms. The fraction of sp³-hybridized carbons (Fsp3) is 0.923. The number of carbonyl (C=O) groups excluding carboxylic acids is 1. The van der Waals surface area contributed by atoms with E-state index in [1.807, 2.05) is 4.90 Å². The van der Waals surface area contributed by atoms with Gasteiger partial charge >= 0.3 is 6.03 Å². The van der Waals surface area contributed by atoms with Crippen LogP contribution in [0.3, 0.4) is 0 Å². The molecule has 1 heterocycles. The van der Waals surface area contributed by atoms with E-state index < -0.39 is 0 Å². The summed E-state index contributed by atoms with van der Waals surface area (Å²) in [5.74, 6) is 0. The minimum absolute atomic E-state index is 0.102. The number of nitrogens with zero attached hydrogens (tertiary/aromatic N) is 3. The van der Waals surface area contributed by atoms with Crippen molar-refractivity contribution in [2.45, 2.75) is 19.8 Å². The van der Waals surface area contributed by atoms with Crippen LogP contribution in [0, 0.1) is 0 Å². The van der Waals surface area contributed by atoms with Gasteiger partial charge in [-0.15, -0.1) is 0 Å². The van der Waals surface area contributed by atoms with Crippen LogP contribution in [0.25, 0.3) is 0 Å². The van der Waals surface area contributed by atoms with Gasteiger partial charge in [-0.05, 0) is 40.0 Å². The molecule has 5 nitrogen and oxygen atoms in total. The van der Waals surface area contributed by atoms with Crippen LogP contribution in [0.1, 0.15) is 19.8 Å². The van der Waals surface area contributed by atoms with Gasteiger partial charge in [0.2, 0.25) is 0 Å². The first-order chi connectivity index (χ1) is 8.63. The largest absolute Gasteiger partial charge is 0.338 e. The molecule has 0 unspecified atom stereocenters. The van der Waals surface area contributed by atoms with Crippen molar-refractivity contribution in [1.29, 1.82) is 0 Å². The summed E-state index contributed by atoms with van der Waals surface area (Å²) in [6, 6.07) is 0.102. The molecule has 1 aliphatic rings. The van der Waals surface area contributed by atoms with Gasteiger partial charge in [0.05, 0.1) is 0 Å². The van der Waals surface area contributed by atoms with E-state index in [1.54, 1.807) is 0 Å². The van der Waals surface area contributed by atoms with Crippen molar-refractivity contribution in [2.24, 2.45) is 0 Å². The Hall–Kier alpha value is -0.810. The number of nitrogens with one attached hydrogen (secondary N) is 1. The molecule has 0 aromatic carbocycles. The van der Waals surface area contributed by atoms with Gasteiger partial charge in [-0.3, -0.25) is 4.90 Å². The highest BCUT2D eigenvalue weighted by Crippen LogP contribution is 2.02. The quantitative estimate of drug-likeness (QED) is 0.710. The molecule has 0 aliphatic carbocycles. The lowest BCUT2D eigenvalue weighted by Gasteiger charge is -2.34. The van der Waals surface area contributed by atoms with E-state index in [-0.39, 0.29) is 6.03 Å². The van der Waals surface area contributed by atoms with Crippen molar-refractivity contribution in [2.75, 3.05) is 59.9 Å². The van der Waals surface area contributed by atoms with Crippen molar-refractivity contribution >= 4 is 6.03 Å². The van der Waals surface area contributed by atoms with Gasteiger partial charge in [0.15, 0.2) is 0 Å². The Kier molecular flexibility index (Phi) is 7.05. The lowest BCUT2D eigenvalue weighted by molar-refractivity contribution is 0.139. The average molecular weight is 256 g/mol. The first-order valence-corrected chi connectivity index (χ1v) is 7.03. The van der Waals surface area contributed by atoms with E-state index in [1.165, 1.54) is 6.42 Å². The van der Waals surface area contributed by atoms with Crippen LogP contribution in [-0.4, -0.2) is 80.6 Å². The number of amides is 2. The molecule has 0 atom stereocenters. The Bertz CT molecular complexity index is 237. The lowest BCUT2D eigenvalue weighted by atomic mass is 10.3. The molecule has 5 heteroatoms. The molecule has 1 N–H and O–H groups in total. The molecule has 1 rings (SSSR count). The molecule has 106 valence electrons. The van der Waals surface area contributed by atoms with Crippen LogP contribution < -0.4 is 5.32 Å². The molecule has 1 aliphatic heterocycles. The van der Waals surface area contributed by atoms with Crippen molar-refractivity contribution < 1.29 is 4.79 Å². The predicted octanol–water partition coefficient (Wildman–Crippen LogP) is 0.675. The molecule has 0 aromatic rings. The van der Waals surface area contributed by atoms with Gasteiger partial charge < -0.3 is 15.1 Å². The van der Waals surface area contributed by atoms with Crippen LogP contribution in [0.15, 0.2) is 0 Å². The number of hydrogen-bond donors (Lipinski definition) is 1. The summed E-state index contributed by atoms with van der Waals surface area (Å²) in [7, 11) is 4.10. The summed E-state index contributed by atoms with van der Waals surface area (Å²) in [4.78, 5) is 18.4. The van der Waals surface area contributed by atoms with Gasteiger partial charge in [-0.25, -0.2) is 4.79 Å². The van der Waals surface area contributed by atoms with E-state index in [2.05, 4.69) is 36.1 Å². The smallest absolute Gasteiger partial charge is 0.317 e. The van der Waals surface area contributed by atoms with E-state index in [4.69, 9.17) is 0 Å². The first kappa shape index (κ1) is 15.2. The standard InChI is InChI=1S/C13H28N4O/c1-4-7-16-9-11-17(12-10-16)13(18)14-6-5-8-15(2)3/h4-12H2,1-3H3,(H,14,18). The Morgan fingerprint density at radius 2 is 1.89 bits per heavy atom. The molecule has 0 saturated carbocycles. The fourth-order valence-corrected chi connectivity index (χ4v) is 2.19. The van der Waals surface area contributed by atoms with Crippen LogP contribution in [0.2, 0.25) is 0 Å². The fourth-order valence-electron chi connectivity index (χ4n) is 2.19. The monoisotopic (exact) mass is 256 g/mol. The maximum Gasteiger partial charge on any atom is 0.317 e. The summed E-state index contributed by atoms with van der Waals surface area (Å²) < 4.78 is 0. The minimum atomic E-state index is 0.102. The van der Waals surface area contributed by atoms with Gasteiger partial charge in [0.25, 0.3) is 0 Å². The third-order valence-electron chi connectivity index (χ3n) is 3.26. The zero-order chi connectivity index (χ0) is 13.4. The predicted molar refractivity (Wildman–Crippen MR) is 74.9 cm³/mol. The van der Waals surface area contributed by atoms with Gasteiger partial charge in [0.1, 0.15) is 0 Å². The number of carbonyl (C=O) groups is 1. The summed E-state index contributed by atoms with van der Waals surface area (Å²) >= 11 is 0. The Labute approximate surface area is 111 Å². The Morgan fingerprint density at radius 1 is 1.22 bits per heavy atom. The SMILES string of the molecule is CCCN1CCN(C(=O)NCCCN(C)C)CC1. The highest BCUT2D eigenvalue weighted by molar-refractivity contribution is 5.74. The number of urea groups is 1. The third kappa shape index (κ3) is 5.69. The maximum absolute atomic E-state index is 11.9. The minimum Gasteiger partial charge on any atom is -0.338 e. The molecule has 2 amide bonds. The highest BCUT2D eigenvalue weighted by Gasteiger charge is 2.19. The number of rotatable bonds is 6. The molecular weight excluding hydrogens is 228 g/mol. The number of piperazine rings is 1. The normalized spacial score (nSPS) is 17.2. The molecule has 1 saturated heterocycles. The van der Waals surface area contributed by atoms with Crippen molar-refractivity contribution in [3.05, 3.63) is 0 Å². The van der Waals surface area contributed by atoms with Crippen molar-refractivity contribution in [3.8, 4) is 0 Å². The second kappa shape index (κ2) is 8.32. The maximum atomic E-state index is 11.9. The number of hydrogen-bond acceptors (Lipinski definition) is 3. The topological polar surface area (TPSA) is 38.8 Å². The summed E-state index contributed by atoms with van der Waals surface area (Å²) in [6.45, 7) is 8.88. The van der Waals surface area contributed by atoms with E-state index in [0.29, 0.717) is 0 Å². The Morgan fingerprint density at radius 3 is 2.44 bits per heavy atom. The highest BCUT2D eigenvalue weighted by atomic mass is 16.2. The van der Waals surface area contributed by atoms with Crippen LogP contribution in [0.5, 0.6) is 0 Å². The zero-order valence-corrected chi connectivity index (χ0v) is 12.1. The molecule has 18 heavy (non-hydrogen) atoms. The molecule has 1 fully saturated rings. The summed E-state index contributed by atoms with van der Waals surface area (Å²) in [6.07, 6.45) is 2.20. The van der Waals surface area contributed by atoms with Gasteiger partial charge in [0, 0.05) is 32.7 Å². The van der Waals surface area contributed by atoms with E-state index in [9.17, 15) is 4.79 Å². The molecule has 0 aromatic heterocycles. The van der Waals surface area contributed by atoms with Gasteiger partial charge in [-0.2, -0.15) is 0 Å². The third-order valence-corrected chi connectivity index (χ3v) is 3.26. The lowest BCUT2D eigenvalue weighted by Crippen LogP contribution is -2.52.